The third-order valence-electron chi connectivity index (χ3n) is 3.30. The van der Waals surface area contributed by atoms with Gasteiger partial charge in [-0.15, -0.1) is 0 Å². The zero-order valence-electron chi connectivity index (χ0n) is 13.3. The van der Waals surface area contributed by atoms with Crippen LogP contribution in [-0.4, -0.2) is 35.0 Å². The summed E-state index contributed by atoms with van der Waals surface area (Å²) in [6, 6.07) is 4.93. The zero-order chi connectivity index (χ0) is 17.6. The molecular weight excluding hydrogens is 320 g/mol. The highest BCUT2D eigenvalue weighted by atomic mass is 35.5. The number of hydrogen-bond donors (Lipinski definition) is 3. The molecule has 0 aliphatic heterocycles. The van der Waals surface area contributed by atoms with Crippen LogP contribution in [0.1, 0.15) is 26.3 Å². The van der Waals surface area contributed by atoms with Gasteiger partial charge in [-0.2, -0.15) is 0 Å². The molecule has 0 aromatic heterocycles. The maximum absolute atomic E-state index is 12.3. The van der Waals surface area contributed by atoms with Crippen LogP contribution >= 0.6 is 11.6 Å². The molecule has 0 aliphatic rings. The van der Waals surface area contributed by atoms with E-state index in [1.165, 1.54) is 6.92 Å². The van der Waals surface area contributed by atoms with Crippen molar-refractivity contribution in [3.05, 3.63) is 34.9 Å². The molecule has 0 saturated carbocycles. The largest absolute Gasteiger partial charge is 0.480 e. The van der Waals surface area contributed by atoms with Crippen molar-refractivity contribution in [3.8, 4) is 0 Å². The monoisotopic (exact) mass is 340 g/mol. The molecule has 1 aromatic rings. The first kappa shape index (κ1) is 19.0. The third-order valence-corrected chi connectivity index (χ3v) is 3.67. The molecule has 7 heteroatoms. The van der Waals surface area contributed by atoms with Gasteiger partial charge >= 0.3 is 5.97 Å². The first-order valence-corrected chi connectivity index (χ1v) is 7.63. The Morgan fingerprint density at radius 1 is 1.17 bits per heavy atom. The van der Waals surface area contributed by atoms with E-state index in [2.05, 4.69) is 10.6 Å². The Kier molecular flexibility index (Phi) is 7.03. The molecule has 2 atom stereocenters. The molecule has 1 aromatic carbocycles. The van der Waals surface area contributed by atoms with E-state index in [1.54, 1.807) is 38.1 Å². The number of carbonyl (C=O) groups is 3. The standard InChI is InChI=1S/C16H21ClN2O4/c1-9(2)14(18-10(3)20)15(21)19-13(16(22)23)8-11-6-4-5-7-12(11)17/h4-7,9,13-14H,8H2,1-3H3,(H,18,20)(H,19,21)(H,22,23)/t13-,14+/m0/s1. The predicted octanol–water partition coefficient (Wildman–Crippen LogP) is 1.61. The Hall–Kier alpha value is -2.08. The molecule has 0 radical (unpaired) electrons. The van der Waals surface area contributed by atoms with Crippen molar-refractivity contribution in [2.24, 2.45) is 5.92 Å². The van der Waals surface area contributed by atoms with Crippen molar-refractivity contribution in [1.29, 1.82) is 0 Å². The second kappa shape index (κ2) is 8.53. The van der Waals surface area contributed by atoms with Crippen molar-refractivity contribution in [2.45, 2.75) is 39.3 Å². The molecule has 126 valence electrons. The fraction of sp³-hybridized carbons (Fsp3) is 0.438. The van der Waals surface area contributed by atoms with Gasteiger partial charge < -0.3 is 15.7 Å². The van der Waals surface area contributed by atoms with Crippen LogP contribution in [0.25, 0.3) is 0 Å². The highest BCUT2D eigenvalue weighted by Crippen LogP contribution is 2.17. The van der Waals surface area contributed by atoms with Gasteiger partial charge in [0, 0.05) is 18.4 Å². The van der Waals surface area contributed by atoms with E-state index in [1.807, 2.05) is 0 Å². The highest BCUT2D eigenvalue weighted by molar-refractivity contribution is 6.31. The lowest BCUT2D eigenvalue weighted by atomic mass is 10.0. The quantitative estimate of drug-likeness (QED) is 0.702. The van der Waals surface area contributed by atoms with E-state index in [0.29, 0.717) is 10.6 Å². The summed E-state index contributed by atoms with van der Waals surface area (Å²) in [6.07, 6.45) is 0.0611. The molecule has 23 heavy (non-hydrogen) atoms. The molecule has 2 amide bonds. The molecule has 0 heterocycles. The minimum Gasteiger partial charge on any atom is -0.480 e. The number of hydrogen-bond acceptors (Lipinski definition) is 3. The molecule has 0 saturated heterocycles. The smallest absolute Gasteiger partial charge is 0.326 e. The Balaban J connectivity index is 2.86. The van der Waals surface area contributed by atoms with Crippen LogP contribution in [0, 0.1) is 5.92 Å². The van der Waals surface area contributed by atoms with E-state index in [4.69, 9.17) is 11.6 Å². The number of nitrogens with one attached hydrogen (secondary N) is 2. The summed E-state index contributed by atoms with van der Waals surface area (Å²) in [5.74, 6) is -2.22. The number of benzene rings is 1. The Morgan fingerprint density at radius 2 is 1.78 bits per heavy atom. The Bertz CT molecular complexity index is 589. The van der Waals surface area contributed by atoms with E-state index in [9.17, 15) is 19.5 Å². The van der Waals surface area contributed by atoms with Crippen molar-refractivity contribution >= 4 is 29.4 Å². The summed E-state index contributed by atoms with van der Waals surface area (Å²) in [5.41, 5.74) is 0.627. The first-order valence-electron chi connectivity index (χ1n) is 7.26. The van der Waals surface area contributed by atoms with Gasteiger partial charge in [0.1, 0.15) is 12.1 Å². The molecule has 1 rings (SSSR count). The van der Waals surface area contributed by atoms with Crippen LogP contribution in [0.2, 0.25) is 5.02 Å². The predicted molar refractivity (Wildman–Crippen MR) is 87.2 cm³/mol. The summed E-state index contributed by atoms with van der Waals surface area (Å²) >= 11 is 6.03. The topological polar surface area (TPSA) is 95.5 Å². The SMILES string of the molecule is CC(=O)N[C@@H](C(=O)N[C@@H](Cc1ccccc1Cl)C(=O)O)C(C)C. The number of carboxylic acids is 1. The average molecular weight is 341 g/mol. The van der Waals surface area contributed by atoms with Gasteiger partial charge in [-0.05, 0) is 17.5 Å². The second-order valence-electron chi connectivity index (χ2n) is 5.62. The van der Waals surface area contributed by atoms with Crippen molar-refractivity contribution in [2.75, 3.05) is 0 Å². The molecule has 0 spiro atoms. The third kappa shape index (κ3) is 5.90. The number of aliphatic carboxylic acids is 1. The summed E-state index contributed by atoms with van der Waals surface area (Å²) < 4.78 is 0. The lowest BCUT2D eigenvalue weighted by Crippen LogP contribution is -2.53. The molecule has 0 unspecified atom stereocenters. The van der Waals surface area contributed by atoms with Gasteiger partial charge in [0.25, 0.3) is 0 Å². The normalized spacial score (nSPS) is 13.3. The number of amides is 2. The summed E-state index contributed by atoms with van der Waals surface area (Å²) in [5, 5.41) is 14.8. The zero-order valence-corrected chi connectivity index (χ0v) is 14.1. The molecule has 0 bridgehead atoms. The fourth-order valence-corrected chi connectivity index (χ4v) is 2.31. The van der Waals surface area contributed by atoms with E-state index in [-0.39, 0.29) is 18.2 Å². The number of rotatable bonds is 7. The lowest BCUT2D eigenvalue weighted by molar-refractivity contribution is -0.142. The van der Waals surface area contributed by atoms with Crippen LogP contribution < -0.4 is 10.6 Å². The molecule has 0 fully saturated rings. The Labute approximate surface area is 140 Å². The molecule has 6 nitrogen and oxygen atoms in total. The first-order chi connectivity index (χ1) is 10.7. The molecular formula is C16H21ClN2O4. The van der Waals surface area contributed by atoms with Crippen LogP contribution in [0.5, 0.6) is 0 Å². The van der Waals surface area contributed by atoms with E-state index < -0.39 is 24.0 Å². The summed E-state index contributed by atoms with van der Waals surface area (Å²) in [4.78, 5) is 34.9. The van der Waals surface area contributed by atoms with Crippen molar-refractivity contribution in [3.63, 3.8) is 0 Å². The maximum atomic E-state index is 12.3. The summed E-state index contributed by atoms with van der Waals surface area (Å²) in [6.45, 7) is 4.84. The molecule has 0 aliphatic carbocycles. The number of carbonyl (C=O) groups excluding carboxylic acids is 2. The Morgan fingerprint density at radius 3 is 2.26 bits per heavy atom. The van der Waals surface area contributed by atoms with E-state index >= 15 is 0 Å². The van der Waals surface area contributed by atoms with Crippen molar-refractivity contribution < 1.29 is 19.5 Å². The van der Waals surface area contributed by atoms with Gasteiger partial charge in [-0.1, -0.05) is 43.6 Å². The van der Waals surface area contributed by atoms with Gasteiger partial charge in [-0.25, -0.2) is 4.79 Å². The molecule has 3 N–H and O–H groups in total. The van der Waals surface area contributed by atoms with Crippen LogP contribution in [0.15, 0.2) is 24.3 Å². The second-order valence-corrected chi connectivity index (χ2v) is 6.02. The lowest BCUT2D eigenvalue weighted by Gasteiger charge is -2.23. The number of halogens is 1. The van der Waals surface area contributed by atoms with Crippen LogP contribution in [-0.2, 0) is 20.8 Å². The van der Waals surface area contributed by atoms with Gasteiger partial charge in [0.2, 0.25) is 11.8 Å². The summed E-state index contributed by atoms with van der Waals surface area (Å²) in [7, 11) is 0. The van der Waals surface area contributed by atoms with Crippen molar-refractivity contribution in [1.82, 2.24) is 10.6 Å². The van der Waals surface area contributed by atoms with Crippen LogP contribution in [0.4, 0.5) is 0 Å². The van der Waals surface area contributed by atoms with Crippen LogP contribution in [0.3, 0.4) is 0 Å². The minimum absolute atomic E-state index is 0.0611. The van der Waals surface area contributed by atoms with E-state index in [0.717, 1.165) is 0 Å². The minimum atomic E-state index is -1.16. The van der Waals surface area contributed by atoms with Gasteiger partial charge in [-0.3, -0.25) is 9.59 Å². The average Bonchev–Trinajstić information content (AvgIpc) is 2.45. The van der Waals surface area contributed by atoms with Gasteiger partial charge in [0.15, 0.2) is 0 Å². The van der Waals surface area contributed by atoms with Gasteiger partial charge in [0.05, 0.1) is 0 Å². The highest BCUT2D eigenvalue weighted by Gasteiger charge is 2.28. The number of carboxylic acid groups (broad SMARTS) is 1. The maximum Gasteiger partial charge on any atom is 0.326 e. The fourth-order valence-electron chi connectivity index (χ4n) is 2.10.